The SMILES string of the molecule is CN(C)c1ccc(NS(=O)(=O)CCN)cc1. The van der Waals surface area contributed by atoms with Gasteiger partial charge in [-0.25, -0.2) is 8.42 Å². The fourth-order valence-corrected chi connectivity index (χ4v) is 2.12. The van der Waals surface area contributed by atoms with Gasteiger partial charge in [-0.2, -0.15) is 0 Å². The van der Waals surface area contributed by atoms with Crippen molar-refractivity contribution in [2.24, 2.45) is 5.73 Å². The predicted molar refractivity (Wildman–Crippen MR) is 67.2 cm³/mol. The first-order chi connectivity index (χ1) is 7.44. The molecule has 0 saturated heterocycles. The van der Waals surface area contributed by atoms with Crippen LogP contribution in [0.25, 0.3) is 0 Å². The molecule has 0 saturated carbocycles. The predicted octanol–water partition coefficient (Wildman–Crippen LogP) is 0.453. The summed E-state index contributed by atoms with van der Waals surface area (Å²) in [6.45, 7) is 0.116. The first-order valence-electron chi connectivity index (χ1n) is 4.92. The fourth-order valence-electron chi connectivity index (χ4n) is 1.21. The smallest absolute Gasteiger partial charge is 0.233 e. The fraction of sp³-hybridized carbons (Fsp3) is 0.400. The number of hydrogen-bond donors (Lipinski definition) is 2. The lowest BCUT2D eigenvalue weighted by Gasteiger charge is -2.13. The average molecular weight is 243 g/mol. The number of hydrogen-bond acceptors (Lipinski definition) is 4. The summed E-state index contributed by atoms with van der Waals surface area (Å²) in [5, 5.41) is 0. The van der Waals surface area contributed by atoms with Crippen molar-refractivity contribution in [2.75, 3.05) is 36.0 Å². The number of anilines is 2. The Labute approximate surface area is 96.3 Å². The van der Waals surface area contributed by atoms with Crippen LogP contribution >= 0.6 is 0 Å². The van der Waals surface area contributed by atoms with E-state index in [1.807, 2.05) is 31.1 Å². The molecule has 0 aliphatic rings. The van der Waals surface area contributed by atoms with Crippen molar-refractivity contribution in [3.63, 3.8) is 0 Å². The van der Waals surface area contributed by atoms with E-state index in [9.17, 15) is 8.42 Å². The van der Waals surface area contributed by atoms with Crippen molar-refractivity contribution in [1.82, 2.24) is 0 Å². The molecule has 0 spiro atoms. The number of nitrogens with one attached hydrogen (secondary N) is 1. The minimum absolute atomic E-state index is 0.0670. The lowest BCUT2D eigenvalue weighted by molar-refractivity contribution is 0.601. The van der Waals surface area contributed by atoms with Gasteiger partial charge in [0.15, 0.2) is 0 Å². The van der Waals surface area contributed by atoms with Crippen LogP contribution < -0.4 is 15.4 Å². The van der Waals surface area contributed by atoms with E-state index < -0.39 is 10.0 Å². The van der Waals surface area contributed by atoms with Crippen molar-refractivity contribution in [2.45, 2.75) is 0 Å². The van der Waals surface area contributed by atoms with Gasteiger partial charge < -0.3 is 10.6 Å². The van der Waals surface area contributed by atoms with Gasteiger partial charge in [0.05, 0.1) is 5.75 Å². The van der Waals surface area contributed by atoms with E-state index in [2.05, 4.69) is 4.72 Å². The molecule has 1 aromatic carbocycles. The number of rotatable bonds is 5. The van der Waals surface area contributed by atoms with E-state index in [-0.39, 0.29) is 12.3 Å². The zero-order valence-electron chi connectivity index (χ0n) is 9.47. The number of nitrogens with zero attached hydrogens (tertiary/aromatic N) is 1. The molecule has 0 fully saturated rings. The number of benzene rings is 1. The van der Waals surface area contributed by atoms with Crippen LogP contribution in [-0.2, 0) is 10.0 Å². The molecular weight excluding hydrogens is 226 g/mol. The van der Waals surface area contributed by atoms with Gasteiger partial charge in [-0.1, -0.05) is 0 Å². The molecule has 0 bridgehead atoms. The third-order valence-electron chi connectivity index (χ3n) is 2.04. The van der Waals surface area contributed by atoms with Crippen LogP contribution in [0.3, 0.4) is 0 Å². The van der Waals surface area contributed by atoms with Gasteiger partial charge in [0.1, 0.15) is 0 Å². The summed E-state index contributed by atoms with van der Waals surface area (Å²) in [6, 6.07) is 7.15. The highest BCUT2D eigenvalue weighted by Crippen LogP contribution is 2.16. The number of sulfonamides is 1. The second-order valence-corrected chi connectivity index (χ2v) is 5.49. The zero-order chi connectivity index (χ0) is 12.2. The lowest BCUT2D eigenvalue weighted by atomic mass is 10.3. The molecule has 1 aromatic rings. The van der Waals surface area contributed by atoms with E-state index in [0.717, 1.165) is 5.69 Å². The van der Waals surface area contributed by atoms with Gasteiger partial charge >= 0.3 is 0 Å². The highest BCUT2D eigenvalue weighted by molar-refractivity contribution is 7.92. The van der Waals surface area contributed by atoms with Gasteiger partial charge in [-0.05, 0) is 24.3 Å². The van der Waals surface area contributed by atoms with Crippen LogP contribution in [-0.4, -0.2) is 34.8 Å². The molecule has 16 heavy (non-hydrogen) atoms. The molecule has 0 radical (unpaired) electrons. The monoisotopic (exact) mass is 243 g/mol. The Hall–Kier alpha value is -1.27. The van der Waals surface area contributed by atoms with Gasteiger partial charge in [0, 0.05) is 32.0 Å². The molecular formula is C10H17N3O2S. The topological polar surface area (TPSA) is 75.4 Å². The maximum Gasteiger partial charge on any atom is 0.233 e. The maximum atomic E-state index is 11.4. The van der Waals surface area contributed by atoms with Crippen LogP contribution in [0.5, 0.6) is 0 Å². The number of nitrogens with two attached hydrogens (primary N) is 1. The summed E-state index contributed by atoms with van der Waals surface area (Å²) in [4.78, 5) is 1.94. The molecule has 5 nitrogen and oxygen atoms in total. The Morgan fingerprint density at radius 1 is 1.25 bits per heavy atom. The molecule has 0 aliphatic heterocycles. The molecule has 0 heterocycles. The summed E-state index contributed by atoms with van der Waals surface area (Å²) < 4.78 is 25.3. The Kier molecular flexibility index (Phi) is 4.14. The van der Waals surface area contributed by atoms with E-state index >= 15 is 0 Å². The van der Waals surface area contributed by atoms with Crippen molar-refractivity contribution in [3.05, 3.63) is 24.3 Å². The summed E-state index contributed by atoms with van der Waals surface area (Å²) in [7, 11) is 0.542. The molecule has 0 amide bonds. The Bertz CT molecular complexity index is 426. The normalized spacial score (nSPS) is 11.2. The summed E-state index contributed by atoms with van der Waals surface area (Å²) >= 11 is 0. The van der Waals surface area contributed by atoms with Gasteiger partial charge in [-0.3, -0.25) is 4.72 Å². The lowest BCUT2D eigenvalue weighted by Crippen LogP contribution is -2.22. The summed E-state index contributed by atoms with van der Waals surface area (Å²) in [5.74, 6) is -0.0670. The minimum Gasteiger partial charge on any atom is -0.378 e. The average Bonchev–Trinajstić information content (AvgIpc) is 2.17. The quantitative estimate of drug-likeness (QED) is 0.787. The molecule has 0 aromatic heterocycles. The van der Waals surface area contributed by atoms with Crippen molar-refractivity contribution in [1.29, 1.82) is 0 Å². The van der Waals surface area contributed by atoms with Gasteiger partial charge in [0.25, 0.3) is 0 Å². The molecule has 0 unspecified atom stereocenters. The largest absolute Gasteiger partial charge is 0.378 e. The van der Waals surface area contributed by atoms with Gasteiger partial charge in [0.2, 0.25) is 10.0 Å². The second kappa shape index (κ2) is 5.18. The van der Waals surface area contributed by atoms with Crippen LogP contribution in [0.15, 0.2) is 24.3 Å². The second-order valence-electron chi connectivity index (χ2n) is 3.65. The highest BCUT2D eigenvalue weighted by Gasteiger charge is 2.08. The Morgan fingerprint density at radius 3 is 2.25 bits per heavy atom. The maximum absolute atomic E-state index is 11.4. The summed E-state index contributed by atoms with van der Waals surface area (Å²) in [6.07, 6.45) is 0. The summed E-state index contributed by atoms with van der Waals surface area (Å²) in [5.41, 5.74) is 6.78. The van der Waals surface area contributed by atoms with E-state index in [4.69, 9.17) is 5.73 Å². The Balaban J connectivity index is 2.76. The zero-order valence-corrected chi connectivity index (χ0v) is 10.3. The minimum atomic E-state index is -3.31. The molecule has 90 valence electrons. The van der Waals surface area contributed by atoms with Crippen LogP contribution in [0, 0.1) is 0 Å². The highest BCUT2D eigenvalue weighted by atomic mass is 32.2. The Morgan fingerprint density at radius 2 is 1.81 bits per heavy atom. The van der Waals surface area contributed by atoms with E-state index in [1.165, 1.54) is 0 Å². The third kappa shape index (κ3) is 3.71. The van der Waals surface area contributed by atoms with Crippen molar-refractivity contribution in [3.8, 4) is 0 Å². The first kappa shape index (κ1) is 12.8. The van der Waals surface area contributed by atoms with Crippen LogP contribution in [0.4, 0.5) is 11.4 Å². The van der Waals surface area contributed by atoms with E-state index in [1.54, 1.807) is 12.1 Å². The van der Waals surface area contributed by atoms with Crippen molar-refractivity contribution >= 4 is 21.4 Å². The molecule has 0 atom stereocenters. The molecule has 0 aliphatic carbocycles. The first-order valence-corrected chi connectivity index (χ1v) is 6.58. The van der Waals surface area contributed by atoms with Crippen LogP contribution in [0.2, 0.25) is 0 Å². The molecule has 6 heteroatoms. The van der Waals surface area contributed by atoms with E-state index in [0.29, 0.717) is 5.69 Å². The van der Waals surface area contributed by atoms with Crippen molar-refractivity contribution < 1.29 is 8.42 Å². The standard InChI is InChI=1S/C10H17N3O2S/c1-13(2)10-5-3-9(4-6-10)12-16(14,15)8-7-11/h3-6,12H,7-8,11H2,1-2H3. The molecule has 1 rings (SSSR count). The van der Waals surface area contributed by atoms with Crippen LogP contribution in [0.1, 0.15) is 0 Å². The van der Waals surface area contributed by atoms with Gasteiger partial charge in [-0.15, -0.1) is 0 Å². The molecule has 3 N–H and O–H groups in total. The third-order valence-corrected chi connectivity index (χ3v) is 3.36.